The molecule has 9 heteroatoms. The second kappa shape index (κ2) is 8.04. The molecule has 0 aromatic heterocycles. The van der Waals surface area contributed by atoms with Crippen molar-refractivity contribution in [2.75, 3.05) is 0 Å². The molecule has 1 fully saturated rings. The summed E-state index contributed by atoms with van der Waals surface area (Å²) in [5.41, 5.74) is -0.655. The minimum absolute atomic E-state index is 0.0277. The molecule has 2 aliphatic rings. The minimum atomic E-state index is -4.43. The molecule has 0 spiro atoms. The average molecular weight is 411 g/mol. The van der Waals surface area contributed by atoms with E-state index in [1.165, 1.54) is 11.0 Å². The molecule has 1 aromatic carbocycles. The normalized spacial score (nSPS) is 21.2. The number of carbonyl (C=O) groups is 3. The minimum Gasteiger partial charge on any atom is -0.334 e. The van der Waals surface area contributed by atoms with Crippen LogP contribution >= 0.6 is 0 Å². The molecule has 1 atom stereocenters. The zero-order chi connectivity index (χ0) is 21.2. The second-order valence-corrected chi connectivity index (χ2v) is 7.68. The number of unbranched alkanes of at least 4 members (excludes halogenated alkanes) is 2. The topological polar surface area (TPSA) is 78.5 Å². The molecule has 0 bridgehead atoms. The first-order valence-electron chi connectivity index (χ1n) is 9.75. The fourth-order valence-corrected chi connectivity index (χ4v) is 3.91. The van der Waals surface area contributed by atoms with Gasteiger partial charge in [-0.2, -0.15) is 13.2 Å². The lowest BCUT2D eigenvalue weighted by Crippen LogP contribution is -2.47. The molecule has 29 heavy (non-hydrogen) atoms. The van der Waals surface area contributed by atoms with Crippen LogP contribution in [-0.4, -0.2) is 28.3 Å². The van der Waals surface area contributed by atoms with E-state index in [0.717, 1.165) is 31.4 Å². The van der Waals surface area contributed by atoms with E-state index >= 15 is 0 Å². The molecular weight excluding hydrogens is 387 g/mol. The lowest BCUT2D eigenvalue weighted by atomic mass is 9.87. The highest BCUT2D eigenvalue weighted by Gasteiger charge is 2.45. The number of carbonyl (C=O) groups excluding carboxylic acids is 3. The molecule has 0 radical (unpaired) electrons. The van der Waals surface area contributed by atoms with Gasteiger partial charge in [-0.3, -0.25) is 14.9 Å². The molecule has 2 aliphatic heterocycles. The van der Waals surface area contributed by atoms with E-state index in [-0.39, 0.29) is 31.8 Å². The third-order valence-corrected chi connectivity index (χ3v) is 5.60. The number of urea groups is 1. The fraction of sp³-hybridized carbons (Fsp3) is 0.550. The molecule has 3 rings (SSSR count). The summed E-state index contributed by atoms with van der Waals surface area (Å²) in [4.78, 5) is 38.1. The van der Waals surface area contributed by atoms with E-state index < -0.39 is 29.2 Å². The quantitative estimate of drug-likeness (QED) is 0.533. The number of halogens is 3. The number of hydrogen-bond acceptors (Lipinski definition) is 3. The van der Waals surface area contributed by atoms with Crippen LogP contribution in [0.4, 0.5) is 18.0 Å². The summed E-state index contributed by atoms with van der Waals surface area (Å²) < 4.78 is 38.7. The molecule has 1 unspecified atom stereocenters. The summed E-state index contributed by atoms with van der Waals surface area (Å²) in [7, 11) is 0. The zero-order valence-electron chi connectivity index (χ0n) is 16.2. The van der Waals surface area contributed by atoms with Crippen molar-refractivity contribution in [3.05, 3.63) is 34.9 Å². The first kappa shape index (κ1) is 21.1. The van der Waals surface area contributed by atoms with E-state index in [2.05, 4.69) is 10.6 Å². The van der Waals surface area contributed by atoms with Crippen molar-refractivity contribution in [3.63, 3.8) is 0 Å². The summed E-state index contributed by atoms with van der Waals surface area (Å²) in [6.07, 6.45) is -1.19. The number of rotatable bonds is 7. The third-order valence-electron chi connectivity index (χ3n) is 5.60. The predicted octanol–water partition coefficient (Wildman–Crippen LogP) is 3.49. The molecule has 1 saturated heterocycles. The van der Waals surface area contributed by atoms with Gasteiger partial charge in [0.25, 0.3) is 5.91 Å². The molecule has 6 nitrogen and oxygen atoms in total. The van der Waals surface area contributed by atoms with Gasteiger partial charge in [0.1, 0.15) is 5.54 Å². The Labute approximate surface area is 166 Å². The maximum absolute atomic E-state index is 12.9. The smallest absolute Gasteiger partial charge is 0.334 e. The number of fused-ring (bicyclic) bond motifs is 1. The van der Waals surface area contributed by atoms with Gasteiger partial charge in [0.05, 0.1) is 5.56 Å². The monoisotopic (exact) mass is 411 g/mol. The highest BCUT2D eigenvalue weighted by Crippen LogP contribution is 2.34. The Kier molecular flexibility index (Phi) is 5.86. The van der Waals surface area contributed by atoms with Gasteiger partial charge in [0.15, 0.2) is 0 Å². The third kappa shape index (κ3) is 4.54. The van der Waals surface area contributed by atoms with Crippen LogP contribution in [0.25, 0.3) is 0 Å². The molecule has 4 amide bonds. The number of benzene rings is 1. The first-order chi connectivity index (χ1) is 13.6. The van der Waals surface area contributed by atoms with Crippen molar-refractivity contribution >= 4 is 17.8 Å². The zero-order valence-corrected chi connectivity index (χ0v) is 16.2. The van der Waals surface area contributed by atoms with Crippen molar-refractivity contribution in [2.24, 2.45) is 0 Å². The van der Waals surface area contributed by atoms with Crippen molar-refractivity contribution < 1.29 is 27.6 Å². The molecule has 2 N–H and O–H groups in total. The Morgan fingerprint density at radius 2 is 1.86 bits per heavy atom. The number of alkyl halides is 3. The van der Waals surface area contributed by atoms with Crippen molar-refractivity contribution in [1.29, 1.82) is 0 Å². The SMILES string of the molecule is CCCCCC1(CCC(=O)N2Cc3ccc(C(F)(F)F)cc3C2)NC(=O)NC1=O. The second-order valence-electron chi connectivity index (χ2n) is 7.68. The summed E-state index contributed by atoms with van der Waals surface area (Å²) in [6, 6.07) is 2.95. The largest absolute Gasteiger partial charge is 0.416 e. The summed E-state index contributed by atoms with van der Waals surface area (Å²) in [5.74, 6) is -0.676. The lowest BCUT2D eigenvalue weighted by Gasteiger charge is -2.27. The van der Waals surface area contributed by atoms with Crippen LogP contribution in [0, 0.1) is 0 Å². The lowest BCUT2D eigenvalue weighted by molar-refractivity contribution is -0.137. The Hall–Kier alpha value is -2.58. The van der Waals surface area contributed by atoms with Crippen molar-refractivity contribution in [2.45, 2.75) is 70.3 Å². The van der Waals surface area contributed by atoms with Gasteiger partial charge < -0.3 is 10.2 Å². The number of nitrogens with zero attached hydrogens (tertiary/aromatic N) is 1. The standard InChI is InChI=1S/C20H24F3N3O3/c1-2-3-4-8-19(17(28)24-18(29)25-19)9-7-16(27)26-11-13-5-6-15(20(21,22)23)10-14(13)12-26/h5-6,10H,2-4,7-9,11-12H2,1H3,(H2,24,25,28,29). The van der Waals surface area contributed by atoms with Crippen molar-refractivity contribution in [1.82, 2.24) is 15.5 Å². The van der Waals surface area contributed by atoms with E-state index in [0.29, 0.717) is 17.5 Å². The summed E-state index contributed by atoms with van der Waals surface area (Å²) in [5, 5.41) is 4.91. The predicted molar refractivity (Wildman–Crippen MR) is 98.5 cm³/mol. The average Bonchev–Trinajstić information content (AvgIpc) is 3.19. The van der Waals surface area contributed by atoms with Gasteiger partial charge in [0.2, 0.25) is 5.91 Å². The molecule has 158 valence electrons. The number of amides is 4. The Bertz CT molecular complexity index is 825. The molecular formula is C20H24F3N3O3. The van der Waals surface area contributed by atoms with Gasteiger partial charge in [-0.15, -0.1) is 0 Å². The van der Waals surface area contributed by atoms with Crippen LogP contribution in [0.2, 0.25) is 0 Å². The maximum atomic E-state index is 12.9. The van der Waals surface area contributed by atoms with Crippen LogP contribution in [0.5, 0.6) is 0 Å². The first-order valence-corrected chi connectivity index (χ1v) is 9.75. The fourth-order valence-electron chi connectivity index (χ4n) is 3.91. The van der Waals surface area contributed by atoms with Gasteiger partial charge in [-0.25, -0.2) is 4.79 Å². The van der Waals surface area contributed by atoms with Crippen LogP contribution in [0.1, 0.15) is 62.1 Å². The van der Waals surface area contributed by atoms with Crippen LogP contribution in [0.3, 0.4) is 0 Å². The Morgan fingerprint density at radius 1 is 1.14 bits per heavy atom. The van der Waals surface area contributed by atoms with E-state index in [1.807, 2.05) is 6.92 Å². The van der Waals surface area contributed by atoms with Crippen LogP contribution < -0.4 is 10.6 Å². The highest BCUT2D eigenvalue weighted by atomic mass is 19.4. The Balaban J connectivity index is 1.63. The van der Waals surface area contributed by atoms with Crippen LogP contribution in [0.15, 0.2) is 18.2 Å². The molecule has 0 aliphatic carbocycles. The molecule has 0 saturated carbocycles. The van der Waals surface area contributed by atoms with Gasteiger partial charge in [0, 0.05) is 19.5 Å². The van der Waals surface area contributed by atoms with Gasteiger partial charge in [-0.1, -0.05) is 32.3 Å². The highest BCUT2D eigenvalue weighted by molar-refractivity contribution is 6.07. The van der Waals surface area contributed by atoms with Gasteiger partial charge >= 0.3 is 12.2 Å². The number of imide groups is 1. The maximum Gasteiger partial charge on any atom is 0.416 e. The summed E-state index contributed by atoms with van der Waals surface area (Å²) in [6.45, 7) is 2.38. The molecule has 2 heterocycles. The molecule has 1 aromatic rings. The van der Waals surface area contributed by atoms with Crippen LogP contribution in [-0.2, 0) is 28.9 Å². The Morgan fingerprint density at radius 3 is 2.48 bits per heavy atom. The van der Waals surface area contributed by atoms with E-state index in [1.54, 1.807) is 0 Å². The van der Waals surface area contributed by atoms with Gasteiger partial charge in [-0.05, 0) is 36.1 Å². The number of hydrogen-bond donors (Lipinski definition) is 2. The van der Waals surface area contributed by atoms with Crippen molar-refractivity contribution in [3.8, 4) is 0 Å². The number of nitrogens with one attached hydrogen (secondary N) is 2. The van der Waals surface area contributed by atoms with E-state index in [9.17, 15) is 27.6 Å². The summed E-state index contributed by atoms with van der Waals surface area (Å²) >= 11 is 0. The van der Waals surface area contributed by atoms with E-state index in [4.69, 9.17) is 0 Å².